The monoisotopic (exact) mass is 285 g/mol. The lowest BCUT2D eigenvalue weighted by molar-refractivity contribution is -0.385. The fourth-order valence-corrected chi connectivity index (χ4v) is 2.41. The molecule has 1 aliphatic carbocycles. The van der Waals surface area contributed by atoms with Crippen molar-refractivity contribution in [1.29, 1.82) is 0 Å². The first-order valence-electron chi connectivity index (χ1n) is 5.15. The zero-order valence-electron chi connectivity index (χ0n) is 8.90. The summed E-state index contributed by atoms with van der Waals surface area (Å²) < 4.78 is 5.80. The first kappa shape index (κ1) is 11.4. The van der Waals surface area contributed by atoms with E-state index in [9.17, 15) is 10.1 Å². The van der Waals surface area contributed by atoms with Crippen molar-refractivity contribution < 1.29 is 9.66 Å². The number of rotatable bonds is 3. The van der Waals surface area contributed by atoms with Crippen molar-refractivity contribution in [3.63, 3.8) is 0 Å². The van der Waals surface area contributed by atoms with Crippen molar-refractivity contribution in [1.82, 2.24) is 0 Å². The van der Waals surface area contributed by atoms with Crippen LogP contribution in [0, 0.1) is 10.1 Å². The Kier molecular flexibility index (Phi) is 3.14. The number of ether oxygens (including phenoxy) is 1. The molecule has 4 nitrogen and oxygen atoms in total. The molecule has 0 aliphatic heterocycles. The average molecular weight is 286 g/mol. The van der Waals surface area contributed by atoms with Gasteiger partial charge in [-0.2, -0.15) is 0 Å². The molecule has 0 unspecified atom stereocenters. The van der Waals surface area contributed by atoms with Gasteiger partial charge in [-0.05, 0) is 40.8 Å². The van der Waals surface area contributed by atoms with Crippen LogP contribution in [0.2, 0.25) is 0 Å². The highest BCUT2D eigenvalue weighted by Gasteiger charge is 2.28. The van der Waals surface area contributed by atoms with Gasteiger partial charge >= 0.3 is 0 Å². The molecular formula is C11H12BrNO3. The molecule has 0 spiro atoms. The minimum Gasteiger partial charge on any atom is -0.496 e. The number of hydrogen-bond acceptors (Lipinski definition) is 3. The molecule has 1 aliphatic rings. The summed E-state index contributed by atoms with van der Waals surface area (Å²) in [6, 6.07) is 3.32. The smallest absolute Gasteiger partial charge is 0.274 e. The Morgan fingerprint density at radius 3 is 2.62 bits per heavy atom. The van der Waals surface area contributed by atoms with Gasteiger partial charge in [-0.25, -0.2) is 0 Å². The molecule has 0 atom stereocenters. The Bertz CT molecular complexity index is 429. The standard InChI is InChI=1S/C11H12BrNO3/c1-16-11-5-8(7-3-2-4-7)10(13(14)15)6-9(11)12/h5-7H,2-4H2,1H3. The summed E-state index contributed by atoms with van der Waals surface area (Å²) >= 11 is 3.27. The maximum Gasteiger partial charge on any atom is 0.274 e. The van der Waals surface area contributed by atoms with Gasteiger partial charge < -0.3 is 4.74 Å². The van der Waals surface area contributed by atoms with Crippen LogP contribution < -0.4 is 4.74 Å². The van der Waals surface area contributed by atoms with E-state index in [1.807, 2.05) is 0 Å². The summed E-state index contributed by atoms with van der Waals surface area (Å²) in [6.45, 7) is 0. The van der Waals surface area contributed by atoms with Gasteiger partial charge in [0.2, 0.25) is 0 Å². The number of methoxy groups -OCH3 is 1. The molecule has 1 aromatic rings. The van der Waals surface area contributed by atoms with E-state index < -0.39 is 0 Å². The van der Waals surface area contributed by atoms with Gasteiger partial charge in [-0.3, -0.25) is 10.1 Å². The lowest BCUT2D eigenvalue weighted by Crippen LogP contribution is -2.11. The maximum absolute atomic E-state index is 11.0. The minimum absolute atomic E-state index is 0.192. The number of nitro groups is 1. The molecule has 16 heavy (non-hydrogen) atoms. The zero-order chi connectivity index (χ0) is 11.7. The van der Waals surface area contributed by atoms with Gasteiger partial charge in [0.05, 0.1) is 16.5 Å². The lowest BCUT2D eigenvalue weighted by Gasteiger charge is -2.25. The molecule has 5 heteroatoms. The van der Waals surface area contributed by atoms with E-state index in [4.69, 9.17) is 4.74 Å². The highest BCUT2D eigenvalue weighted by atomic mass is 79.9. The van der Waals surface area contributed by atoms with Crippen LogP contribution in [0.1, 0.15) is 30.7 Å². The fourth-order valence-electron chi connectivity index (χ4n) is 1.92. The predicted octanol–water partition coefficient (Wildman–Crippen LogP) is 3.63. The number of nitro benzene ring substituents is 1. The van der Waals surface area contributed by atoms with E-state index in [2.05, 4.69) is 15.9 Å². The lowest BCUT2D eigenvalue weighted by atomic mass is 9.79. The molecule has 0 N–H and O–H groups in total. The molecule has 1 aromatic carbocycles. The van der Waals surface area contributed by atoms with E-state index >= 15 is 0 Å². The van der Waals surface area contributed by atoms with Gasteiger partial charge in [-0.1, -0.05) is 6.42 Å². The topological polar surface area (TPSA) is 52.4 Å². The summed E-state index contributed by atoms with van der Waals surface area (Å²) in [4.78, 5) is 10.6. The quantitative estimate of drug-likeness (QED) is 0.629. The van der Waals surface area contributed by atoms with Gasteiger partial charge in [0, 0.05) is 11.6 Å². The molecule has 0 heterocycles. The molecule has 0 saturated heterocycles. The second kappa shape index (κ2) is 4.41. The second-order valence-corrected chi connectivity index (χ2v) is 4.78. The van der Waals surface area contributed by atoms with Gasteiger partial charge in [0.1, 0.15) is 5.75 Å². The molecule has 1 fully saturated rings. The fraction of sp³-hybridized carbons (Fsp3) is 0.455. The molecule has 0 aromatic heterocycles. The van der Waals surface area contributed by atoms with Crippen molar-refractivity contribution >= 4 is 21.6 Å². The molecule has 1 saturated carbocycles. The molecule has 0 radical (unpaired) electrons. The van der Waals surface area contributed by atoms with Crippen LogP contribution in [-0.4, -0.2) is 12.0 Å². The molecule has 2 rings (SSSR count). The summed E-state index contributed by atoms with van der Waals surface area (Å²) in [5.74, 6) is 0.981. The Hall–Kier alpha value is -1.10. The summed E-state index contributed by atoms with van der Waals surface area (Å²) in [7, 11) is 1.57. The van der Waals surface area contributed by atoms with Crippen LogP contribution in [0.5, 0.6) is 5.75 Å². The normalized spacial score (nSPS) is 15.6. The maximum atomic E-state index is 11.0. The Morgan fingerprint density at radius 1 is 1.50 bits per heavy atom. The molecular weight excluding hydrogens is 274 g/mol. The van der Waals surface area contributed by atoms with Gasteiger partial charge in [0.15, 0.2) is 0 Å². The van der Waals surface area contributed by atoms with Crippen LogP contribution in [0.15, 0.2) is 16.6 Å². The van der Waals surface area contributed by atoms with Crippen molar-refractivity contribution in [2.75, 3.05) is 7.11 Å². The first-order valence-corrected chi connectivity index (χ1v) is 5.94. The van der Waals surface area contributed by atoms with Gasteiger partial charge in [0.25, 0.3) is 5.69 Å². The predicted molar refractivity (Wildman–Crippen MR) is 63.9 cm³/mol. The molecule has 86 valence electrons. The van der Waals surface area contributed by atoms with E-state index in [-0.39, 0.29) is 10.6 Å². The van der Waals surface area contributed by atoms with Crippen molar-refractivity contribution in [2.24, 2.45) is 0 Å². The van der Waals surface area contributed by atoms with E-state index in [0.717, 1.165) is 24.8 Å². The SMILES string of the molecule is COc1cc(C2CCC2)c([N+](=O)[O-])cc1Br. The first-order chi connectivity index (χ1) is 7.63. The Balaban J connectivity index is 2.49. The Morgan fingerprint density at radius 2 is 2.19 bits per heavy atom. The second-order valence-electron chi connectivity index (χ2n) is 3.93. The zero-order valence-corrected chi connectivity index (χ0v) is 10.5. The summed E-state index contributed by atoms with van der Waals surface area (Å²) in [6.07, 6.45) is 3.22. The van der Waals surface area contributed by atoms with E-state index in [1.54, 1.807) is 13.2 Å². The average Bonchev–Trinajstić information content (AvgIpc) is 2.17. The Labute approximate surface area is 102 Å². The van der Waals surface area contributed by atoms with Crippen LogP contribution in [0.25, 0.3) is 0 Å². The third-order valence-corrected chi connectivity index (χ3v) is 3.66. The highest BCUT2D eigenvalue weighted by Crippen LogP contribution is 2.44. The van der Waals surface area contributed by atoms with Gasteiger partial charge in [-0.15, -0.1) is 0 Å². The number of hydrogen-bond donors (Lipinski definition) is 0. The highest BCUT2D eigenvalue weighted by molar-refractivity contribution is 9.10. The third-order valence-electron chi connectivity index (χ3n) is 3.04. The number of benzene rings is 1. The van der Waals surface area contributed by atoms with Crippen molar-refractivity contribution in [3.8, 4) is 5.75 Å². The van der Waals surface area contributed by atoms with Crippen LogP contribution in [0.3, 0.4) is 0 Å². The third kappa shape index (κ3) is 1.91. The number of nitrogens with zero attached hydrogens (tertiary/aromatic N) is 1. The number of halogens is 1. The molecule has 0 amide bonds. The van der Waals surface area contributed by atoms with E-state index in [1.165, 1.54) is 6.07 Å². The molecule has 0 bridgehead atoms. The largest absolute Gasteiger partial charge is 0.496 e. The van der Waals surface area contributed by atoms with Crippen LogP contribution in [-0.2, 0) is 0 Å². The minimum atomic E-state index is -0.322. The van der Waals surface area contributed by atoms with Crippen LogP contribution >= 0.6 is 15.9 Å². The summed E-state index contributed by atoms with van der Waals surface area (Å²) in [5.41, 5.74) is 0.994. The summed E-state index contributed by atoms with van der Waals surface area (Å²) in [5, 5.41) is 11.0. The van der Waals surface area contributed by atoms with Crippen molar-refractivity contribution in [2.45, 2.75) is 25.2 Å². The van der Waals surface area contributed by atoms with Crippen molar-refractivity contribution in [3.05, 3.63) is 32.3 Å². The van der Waals surface area contributed by atoms with E-state index in [0.29, 0.717) is 16.1 Å². The van der Waals surface area contributed by atoms with Crippen LogP contribution in [0.4, 0.5) is 5.69 Å².